The molecule has 0 unspecified atom stereocenters. The lowest BCUT2D eigenvalue weighted by atomic mass is 10.1. The van der Waals surface area contributed by atoms with Gasteiger partial charge >= 0.3 is 0 Å². The molecule has 0 bridgehead atoms. The quantitative estimate of drug-likeness (QED) is 0.663. The molecule has 1 aromatic carbocycles. The molecular weight excluding hydrogens is 391 g/mol. The van der Waals surface area contributed by atoms with Crippen LogP contribution in [0.15, 0.2) is 42.7 Å². The summed E-state index contributed by atoms with van der Waals surface area (Å²) in [5, 5.41) is 4.64. The molecule has 0 fully saturated rings. The molecule has 1 N–H and O–H groups in total. The van der Waals surface area contributed by atoms with Crippen LogP contribution in [0.3, 0.4) is 0 Å². The van der Waals surface area contributed by atoms with Crippen LogP contribution in [-0.2, 0) is 6.42 Å². The Balaban J connectivity index is 1.75. The summed E-state index contributed by atoms with van der Waals surface area (Å²) in [6.45, 7) is 0. The van der Waals surface area contributed by atoms with Crippen molar-refractivity contribution < 1.29 is 4.79 Å². The molecule has 3 aromatic rings. The summed E-state index contributed by atoms with van der Waals surface area (Å²) in [6, 6.07) is 8.82. The van der Waals surface area contributed by atoms with Crippen LogP contribution >= 0.6 is 34.5 Å². The molecule has 0 aliphatic rings. The summed E-state index contributed by atoms with van der Waals surface area (Å²) in [6.07, 6.45) is 3.98. The minimum atomic E-state index is -0.247. The minimum absolute atomic E-state index is 0.247. The predicted octanol–water partition coefficient (Wildman–Crippen LogP) is 4.75. The summed E-state index contributed by atoms with van der Waals surface area (Å²) in [5.41, 5.74) is 1.41. The summed E-state index contributed by atoms with van der Waals surface area (Å²) in [5.74, 6) is 0.357. The molecule has 134 valence electrons. The number of rotatable bonds is 5. The van der Waals surface area contributed by atoms with Gasteiger partial charge in [-0.3, -0.25) is 10.1 Å². The van der Waals surface area contributed by atoms with Crippen LogP contribution in [-0.4, -0.2) is 30.0 Å². The number of carbonyl (C=O) groups excluding carboxylic acids is 1. The van der Waals surface area contributed by atoms with Crippen molar-refractivity contribution in [2.24, 2.45) is 0 Å². The number of hydrogen-bond acceptors (Lipinski definition) is 5. The first-order chi connectivity index (χ1) is 12.4. The predicted molar refractivity (Wildman–Crippen MR) is 108 cm³/mol. The molecule has 0 spiro atoms. The maximum atomic E-state index is 12.6. The van der Waals surface area contributed by atoms with E-state index in [1.807, 2.05) is 20.2 Å². The third kappa shape index (κ3) is 4.33. The van der Waals surface area contributed by atoms with E-state index in [4.69, 9.17) is 23.2 Å². The van der Waals surface area contributed by atoms with Crippen LogP contribution < -0.4 is 10.2 Å². The number of anilines is 2. The smallest absolute Gasteiger partial charge is 0.261 e. The fraction of sp³-hybridized carbons (Fsp3) is 0.167. The first-order valence-electron chi connectivity index (χ1n) is 7.76. The number of nitrogens with one attached hydrogen (secondary N) is 1. The maximum absolute atomic E-state index is 12.6. The highest BCUT2D eigenvalue weighted by molar-refractivity contribution is 7.15. The van der Waals surface area contributed by atoms with E-state index >= 15 is 0 Å². The second kappa shape index (κ2) is 8.03. The fourth-order valence-electron chi connectivity index (χ4n) is 2.41. The van der Waals surface area contributed by atoms with Crippen molar-refractivity contribution in [3.8, 4) is 0 Å². The number of halogens is 2. The zero-order chi connectivity index (χ0) is 18.7. The Morgan fingerprint density at radius 3 is 2.81 bits per heavy atom. The fourth-order valence-corrected chi connectivity index (χ4v) is 3.62. The topological polar surface area (TPSA) is 58.1 Å². The Morgan fingerprint density at radius 1 is 1.23 bits per heavy atom. The van der Waals surface area contributed by atoms with Gasteiger partial charge in [0.25, 0.3) is 5.91 Å². The lowest BCUT2D eigenvalue weighted by Crippen LogP contribution is -2.19. The molecule has 2 aromatic heterocycles. The number of amides is 1. The van der Waals surface area contributed by atoms with Gasteiger partial charge in [0.15, 0.2) is 5.13 Å². The molecule has 2 heterocycles. The molecule has 0 radical (unpaired) electrons. The molecule has 0 aliphatic heterocycles. The van der Waals surface area contributed by atoms with E-state index in [0.717, 1.165) is 10.4 Å². The van der Waals surface area contributed by atoms with Gasteiger partial charge in [-0.15, -0.1) is 11.3 Å². The monoisotopic (exact) mass is 406 g/mol. The third-order valence-electron chi connectivity index (χ3n) is 3.60. The van der Waals surface area contributed by atoms with Crippen molar-refractivity contribution in [2.75, 3.05) is 24.3 Å². The van der Waals surface area contributed by atoms with Crippen molar-refractivity contribution in [1.82, 2.24) is 9.97 Å². The molecule has 0 aliphatic carbocycles. The first-order valence-corrected chi connectivity index (χ1v) is 9.33. The van der Waals surface area contributed by atoms with E-state index in [2.05, 4.69) is 15.3 Å². The Bertz CT molecular complexity index is 942. The van der Waals surface area contributed by atoms with Gasteiger partial charge in [-0.25, -0.2) is 9.97 Å². The van der Waals surface area contributed by atoms with Crippen molar-refractivity contribution >= 4 is 51.4 Å². The van der Waals surface area contributed by atoms with Crippen LogP contribution in [0.1, 0.15) is 20.8 Å². The van der Waals surface area contributed by atoms with Crippen LogP contribution in [0.2, 0.25) is 10.0 Å². The van der Waals surface area contributed by atoms with Crippen LogP contribution in [0, 0.1) is 0 Å². The van der Waals surface area contributed by atoms with Gasteiger partial charge in [0, 0.05) is 47.8 Å². The van der Waals surface area contributed by atoms with Crippen LogP contribution in [0.25, 0.3) is 0 Å². The van der Waals surface area contributed by atoms with E-state index < -0.39 is 0 Å². The molecule has 26 heavy (non-hydrogen) atoms. The summed E-state index contributed by atoms with van der Waals surface area (Å²) in [4.78, 5) is 23.8. The maximum Gasteiger partial charge on any atom is 0.261 e. The molecule has 3 rings (SSSR count). The first kappa shape index (κ1) is 18.6. The van der Waals surface area contributed by atoms with Gasteiger partial charge < -0.3 is 4.90 Å². The number of hydrogen-bond donors (Lipinski definition) is 1. The van der Waals surface area contributed by atoms with E-state index in [9.17, 15) is 4.79 Å². The number of benzene rings is 1. The zero-order valence-corrected chi connectivity index (χ0v) is 16.5. The number of nitrogens with zero attached hydrogens (tertiary/aromatic N) is 3. The van der Waals surface area contributed by atoms with Gasteiger partial charge in [-0.1, -0.05) is 23.2 Å². The van der Waals surface area contributed by atoms with Crippen LogP contribution in [0.5, 0.6) is 0 Å². The largest absolute Gasteiger partial charge is 0.362 e. The average molecular weight is 407 g/mol. The molecular formula is C18H16Cl2N4OS. The summed E-state index contributed by atoms with van der Waals surface area (Å²) in [7, 11) is 3.69. The van der Waals surface area contributed by atoms with Gasteiger partial charge in [-0.05, 0) is 35.9 Å². The SMILES string of the molecule is CN(C)c1ncccc1C(=O)Nc1ncc(Cc2cc(Cl)ccc2Cl)s1. The lowest BCUT2D eigenvalue weighted by Gasteiger charge is -2.14. The number of thiazole rings is 1. The number of aromatic nitrogens is 2. The lowest BCUT2D eigenvalue weighted by molar-refractivity contribution is 0.102. The van der Waals surface area contributed by atoms with Gasteiger partial charge in [0.05, 0.1) is 5.56 Å². The molecule has 0 saturated carbocycles. The van der Waals surface area contributed by atoms with E-state index in [0.29, 0.717) is 33.0 Å². The van der Waals surface area contributed by atoms with Gasteiger partial charge in [-0.2, -0.15) is 0 Å². The third-order valence-corrected chi connectivity index (χ3v) is 5.12. The summed E-state index contributed by atoms with van der Waals surface area (Å²) >= 11 is 13.6. The van der Waals surface area contributed by atoms with Crippen molar-refractivity contribution in [2.45, 2.75) is 6.42 Å². The standard InChI is InChI=1S/C18H16Cl2N4OS/c1-24(2)16-14(4-3-7-21-16)17(25)23-18-22-10-13(26-18)9-11-8-12(19)5-6-15(11)20/h3-8,10H,9H2,1-2H3,(H,22,23,25). The van der Waals surface area contributed by atoms with Crippen molar-refractivity contribution in [3.63, 3.8) is 0 Å². The normalized spacial score (nSPS) is 10.6. The molecule has 8 heteroatoms. The van der Waals surface area contributed by atoms with Gasteiger partial charge in [0.2, 0.25) is 0 Å². The molecule has 0 saturated heterocycles. The minimum Gasteiger partial charge on any atom is -0.362 e. The Morgan fingerprint density at radius 2 is 2.04 bits per heavy atom. The second-order valence-corrected chi connectivity index (χ2v) is 7.73. The number of pyridine rings is 1. The van der Waals surface area contributed by atoms with Gasteiger partial charge in [0.1, 0.15) is 5.82 Å². The Hall–Kier alpha value is -2.15. The highest BCUT2D eigenvalue weighted by atomic mass is 35.5. The molecule has 0 atom stereocenters. The van der Waals surface area contributed by atoms with Crippen molar-refractivity contribution in [3.05, 3.63) is 68.8 Å². The van der Waals surface area contributed by atoms with E-state index in [1.54, 1.807) is 41.6 Å². The second-order valence-electron chi connectivity index (χ2n) is 5.77. The van der Waals surface area contributed by atoms with Crippen LogP contribution in [0.4, 0.5) is 10.9 Å². The summed E-state index contributed by atoms with van der Waals surface area (Å²) < 4.78 is 0. The molecule has 1 amide bonds. The zero-order valence-electron chi connectivity index (χ0n) is 14.2. The van der Waals surface area contributed by atoms with E-state index in [-0.39, 0.29) is 5.91 Å². The highest BCUT2D eigenvalue weighted by Gasteiger charge is 2.15. The Kier molecular flexibility index (Phi) is 5.76. The number of carbonyl (C=O) groups is 1. The van der Waals surface area contributed by atoms with Crippen molar-refractivity contribution in [1.29, 1.82) is 0 Å². The van der Waals surface area contributed by atoms with E-state index in [1.165, 1.54) is 11.3 Å². The Labute approximate surface area is 165 Å². The molecule has 5 nitrogen and oxygen atoms in total. The highest BCUT2D eigenvalue weighted by Crippen LogP contribution is 2.27. The average Bonchev–Trinajstić information content (AvgIpc) is 3.05.